The molecule has 0 aliphatic carbocycles. The summed E-state index contributed by atoms with van der Waals surface area (Å²) in [7, 11) is 0. The van der Waals surface area contributed by atoms with Gasteiger partial charge < -0.3 is 10.5 Å². The third-order valence-corrected chi connectivity index (χ3v) is 4.38. The van der Waals surface area contributed by atoms with Gasteiger partial charge in [-0.1, -0.05) is 38.5 Å². The Hall–Kier alpha value is 0.490. The molecule has 0 aromatic carbocycles. The molecule has 0 radical (unpaired) electrons. The van der Waals surface area contributed by atoms with E-state index in [9.17, 15) is 0 Å². The van der Waals surface area contributed by atoms with E-state index in [1.807, 2.05) is 11.8 Å². The first kappa shape index (κ1) is 15.5. The van der Waals surface area contributed by atoms with E-state index in [-0.39, 0.29) is 0 Å². The first-order valence-electron chi connectivity index (χ1n) is 5.85. The highest BCUT2D eigenvalue weighted by Crippen LogP contribution is 2.13. The zero-order chi connectivity index (χ0) is 11.4. The van der Waals surface area contributed by atoms with Crippen LogP contribution in [0.3, 0.4) is 0 Å². The molecular formula is C11H25NOS2. The van der Waals surface area contributed by atoms with E-state index in [0.717, 1.165) is 0 Å². The van der Waals surface area contributed by atoms with Crippen LogP contribution in [0.5, 0.6) is 0 Å². The molecule has 0 aromatic heterocycles. The quantitative estimate of drug-likeness (QED) is 0.395. The van der Waals surface area contributed by atoms with Crippen LogP contribution >= 0.6 is 23.1 Å². The number of rotatable bonds is 8. The van der Waals surface area contributed by atoms with Gasteiger partial charge >= 0.3 is 0 Å². The Morgan fingerprint density at radius 1 is 1.27 bits per heavy atom. The van der Waals surface area contributed by atoms with Crippen molar-refractivity contribution in [3.05, 3.63) is 0 Å². The van der Waals surface area contributed by atoms with Gasteiger partial charge in [0, 0.05) is 12.3 Å². The minimum Gasteiger partial charge on any atom is -0.333 e. The smallest absolute Gasteiger partial charge is 0.130 e. The van der Waals surface area contributed by atoms with E-state index >= 15 is 0 Å². The number of unbranched alkanes of at least 4 members (excludes halogenated alkanes) is 2. The number of hydrogen-bond acceptors (Lipinski definition) is 3. The highest BCUT2D eigenvalue weighted by Gasteiger charge is 1.98. The minimum atomic E-state index is 0.612. The number of thiol groups is 1. The molecule has 4 heteroatoms. The van der Waals surface area contributed by atoms with Gasteiger partial charge in [-0.25, -0.2) is 0 Å². The summed E-state index contributed by atoms with van der Waals surface area (Å²) in [5.74, 6) is 2.39. The molecule has 92 valence electrons. The molecule has 0 saturated carbocycles. The second-order valence-corrected chi connectivity index (χ2v) is 5.88. The van der Waals surface area contributed by atoms with Crippen LogP contribution in [0.4, 0.5) is 0 Å². The molecule has 2 N–H and O–H groups in total. The van der Waals surface area contributed by atoms with Crippen LogP contribution in [0.2, 0.25) is 0 Å². The summed E-state index contributed by atoms with van der Waals surface area (Å²) in [6, 6.07) is 0. The van der Waals surface area contributed by atoms with Crippen LogP contribution in [0, 0.1) is 0 Å². The zero-order valence-electron chi connectivity index (χ0n) is 10.00. The average Bonchev–Trinajstić information content (AvgIpc) is 2.25. The summed E-state index contributed by atoms with van der Waals surface area (Å²) in [6.45, 7) is 5.71. The van der Waals surface area contributed by atoms with Gasteiger partial charge in [0.05, 0.1) is 6.61 Å². The fourth-order valence-corrected chi connectivity index (χ4v) is 3.44. The van der Waals surface area contributed by atoms with Crippen LogP contribution in [0.25, 0.3) is 0 Å². The molecule has 0 aromatic rings. The van der Waals surface area contributed by atoms with Crippen molar-refractivity contribution >= 4 is 27.5 Å². The molecule has 0 aliphatic heterocycles. The lowest BCUT2D eigenvalue weighted by Crippen LogP contribution is -2.11. The molecule has 0 fully saturated rings. The Kier molecular flexibility index (Phi) is 13.0. The zero-order valence-corrected chi connectivity index (χ0v) is 11.7. The SMILES string of the molecule is CCCCSC(OCCN)=[SH]CCCC. The van der Waals surface area contributed by atoms with Gasteiger partial charge in [0.1, 0.15) is 4.38 Å². The second kappa shape index (κ2) is 12.6. The Morgan fingerprint density at radius 2 is 2.00 bits per heavy atom. The van der Waals surface area contributed by atoms with E-state index in [0.29, 0.717) is 13.2 Å². The predicted octanol–water partition coefficient (Wildman–Crippen LogP) is 2.85. The summed E-state index contributed by atoms with van der Waals surface area (Å²) in [6.07, 6.45) is 5.06. The van der Waals surface area contributed by atoms with E-state index in [4.69, 9.17) is 10.5 Å². The second-order valence-electron chi connectivity index (χ2n) is 3.34. The lowest BCUT2D eigenvalue weighted by molar-refractivity contribution is 0.333. The fourth-order valence-electron chi connectivity index (χ4n) is 0.911. The summed E-state index contributed by atoms with van der Waals surface area (Å²) in [5, 5.41) is 0. The van der Waals surface area contributed by atoms with E-state index < -0.39 is 0 Å². The van der Waals surface area contributed by atoms with Crippen LogP contribution in [-0.2, 0) is 4.74 Å². The third kappa shape index (κ3) is 10.8. The van der Waals surface area contributed by atoms with Gasteiger partial charge in [0.15, 0.2) is 0 Å². The number of thioether (sulfide) groups is 1. The Balaban J connectivity index is 3.76. The molecule has 0 heterocycles. The van der Waals surface area contributed by atoms with Crippen molar-refractivity contribution < 1.29 is 4.74 Å². The van der Waals surface area contributed by atoms with Crippen molar-refractivity contribution in [2.45, 2.75) is 39.5 Å². The van der Waals surface area contributed by atoms with Crippen molar-refractivity contribution in [1.82, 2.24) is 0 Å². The predicted molar refractivity (Wildman–Crippen MR) is 76.1 cm³/mol. The van der Waals surface area contributed by atoms with Gasteiger partial charge in [-0.15, -0.1) is 0 Å². The standard InChI is InChI=1S/C11H25NOS2/c1-3-5-9-14-11(13-8-7-12)15-10-6-4-2/h14H,3-10,12H2,1-2H3. The Bertz CT molecular complexity index is 163. The van der Waals surface area contributed by atoms with Gasteiger partial charge in [0.2, 0.25) is 0 Å². The van der Waals surface area contributed by atoms with Gasteiger partial charge in [0.25, 0.3) is 0 Å². The molecule has 0 aliphatic rings. The molecular weight excluding hydrogens is 226 g/mol. The first-order chi connectivity index (χ1) is 7.35. The van der Waals surface area contributed by atoms with Crippen molar-refractivity contribution in [3.8, 4) is 0 Å². The monoisotopic (exact) mass is 251 g/mol. The van der Waals surface area contributed by atoms with Gasteiger partial charge in [-0.05, 0) is 18.6 Å². The van der Waals surface area contributed by atoms with E-state index in [1.165, 1.54) is 52.9 Å². The topological polar surface area (TPSA) is 35.2 Å². The lowest BCUT2D eigenvalue weighted by atomic mass is 10.4. The maximum atomic E-state index is 5.63. The Labute approximate surface area is 102 Å². The highest BCUT2D eigenvalue weighted by molar-refractivity contribution is 8.26. The van der Waals surface area contributed by atoms with Crippen molar-refractivity contribution in [2.75, 3.05) is 24.7 Å². The maximum absolute atomic E-state index is 5.63. The molecule has 0 bridgehead atoms. The molecule has 0 spiro atoms. The molecule has 0 atom stereocenters. The van der Waals surface area contributed by atoms with Gasteiger partial charge in [-0.3, -0.25) is 0 Å². The van der Waals surface area contributed by atoms with Crippen LogP contribution < -0.4 is 5.73 Å². The summed E-state index contributed by atoms with van der Waals surface area (Å²) >= 11 is 3.21. The number of ether oxygens (including phenoxy) is 1. The van der Waals surface area contributed by atoms with Gasteiger partial charge in [-0.2, -0.15) is 11.4 Å². The van der Waals surface area contributed by atoms with Crippen molar-refractivity contribution in [1.29, 1.82) is 0 Å². The highest BCUT2D eigenvalue weighted by atomic mass is 32.2. The third-order valence-electron chi connectivity index (χ3n) is 1.82. The normalized spacial score (nSPS) is 12.6. The maximum Gasteiger partial charge on any atom is 0.130 e. The van der Waals surface area contributed by atoms with Crippen LogP contribution in [0.15, 0.2) is 0 Å². The summed E-state index contributed by atoms with van der Waals surface area (Å²) in [4.78, 5) is 0. The fraction of sp³-hybridized carbons (Fsp3) is 0.909. The average molecular weight is 251 g/mol. The van der Waals surface area contributed by atoms with Crippen molar-refractivity contribution in [2.24, 2.45) is 5.73 Å². The molecule has 15 heavy (non-hydrogen) atoms. The van der Waals surface area contributed by atoms with Crippen LogP contribution in [-0.4, -0.2) is 29.0 Å². The lowest BCUT2D eigenvalue weighted by Gasteiger charge is -2.07. The van der Waals surface area contributed by atoms with E-state index in [2.05, 4.69) is 13.8 Å². The molecule has 0 saturated heterocycles. The number of nitrogens with two attached hydrogens (primary N) is 1. The van der Waals surface area contributed by atoms with E-state index in [1.54, 1.807) is 0 Å². The molecule has 0 unspecified atom stereocenters. The molecule has 0 rings (SSSR count). The summed E-state index contributed by atoms with van der Waals surface area (Å²) < 4.78 is 6.80. The van der Waals surface area contributed by atoms with Crippen molar-refractivity contribution in [3.63, 3.8) is 0 Å². The number of hydrogen-bond donors (Lipinski definition) is 2. The Morgan fingerprint density at radius 3 is 2.60 bits per heavy atom. The summed E-state index contributed by atoms with van der Waals surface area (Å²) in [5.41, 5.74) is 5.44. The first-order valence-corrected chi connectivity index (χ1v) is 7.91. The molecule has 0 amide bonds. The molecule has 2 nitrogen and oxygen atoms in total. The van der Waals surface area contributed by atoms with Crippen LogP contribution in [0.1, 0.15) is 39.5 Å². The largest absolute Gasteiger partial charge is 0.333 e. The minimum absolute atomic E-state index is 0.612.